The zero-order chi connectivity index (χ0) is 13.2. The predicted octanol–water partition coefficient (Wildman–Crippen LogP) is 2.51. The van der Waals surface area contributed by atoms with Gasteiger partial charge < -0.3 is 10.3 Å². The minimum Gasteiger partial charge on any atom is -0.342 e. The molecule has 1 unspecified atom stereocenters. The Bertz CT molecular complexity index is 554. The van der Waals surface area contributed by atoms with E-state index in [1.165, 1.54) is 12.1 Å². The van der Waals surface area contributed by atoms with E-state index >= 15 is 0 Å². The zero-order valence-electron chi connectivity index (χ0n) is 10.4. The number of aromatic amines is 1. The number of halogens is 2. The monoisotopic (exact) mass is 263 g/mol. The molecule has 1 aromatic heterocycles. The van der Waals surface area contributed by atoms with Gasteiger partial charge in [0.2, 0.25) is 0 Å². The van der Waals surface area contributed by atoms with Gasteiger partial charge in [-0.1, -0.05) is 0 Å². The molecule has 1 atom stereocenters. The molecule has 1 aliphatic heterocycles. The first-order valence-electron chi connectivity index (χ1n) is 6.42. The number of nitrogens with one attached hydrogen (secondary N) is 2. The standard InChI is InChI=1S/C14H15F2N3/c15-11-4-10(5-12(16)6-11)13-8-18-14(19-13)3-9-1-2-17-7-9/h4-6,8-9,17H,1-3,7H2,(H,18,19). The molecule has 0 radical (unpaired) electrons. The highest BCUT2D eigenvalue weighted by atomic mass is 19.1. The Morgan fingerprint density at radius 2 is 2.00 bits per heavy atom. The van der Waals surface area contributed by atoms with Crippen LogP contribution < -0.4 is 5.32 Å². The third-order valence-electron chi connectivity index (χ3n) is 3.45. The maximum Gasteiger partial charge on any atom is 0.126 e. The van der Waals surface area contributed by atoms with Gasteiger partial charge in [0.05, 0.1) is 11.9 Å². The number of H-pyrrole nitrogens is 1. The molecular formula is C14H15F2N3. The second-order valence-electron chi connectivity index (χ2n) is 4.96. The Morgan fingerprint density at radius 1 is 1.21 bits per heavy atom. The van der Waals surface area contributed by atoms with Crippen LogP contribution >= 0.6 is 0 Å². The summed E-state index contributed by atoms with van der Waals surface area (Å²) in [6.45, 7) is 2.05. The zero-order valence-corrected chi connectivity index (χ0v) is 10.4. The number of rotatable bonds is 3. The number of aromatic nitrogens is 2. The molecule has 19 heavy (non-hydrogen) atoms. The molecular weight excluding hydrogens is 248 g/mol. The molecule has 0 saturated carbocycles. The smallest absolute Gasteiger partial charge is 0.126 e. The van der Waals surface area contributed by atoms with Crippen molar-refractivity contribution in [2.24, 2.45) is 5.92 Å². The van der Waals surface area contributed by atoms with Gasteiger partial charge in [-0.25, -0.2) is 13.8 Å². The first kappa shape index (κ1) is 12.3. The fraction of sp³-hybridized carbons (Fsp3) is 0.357. The van der Waals surface area contributed by atoms with E-state index in [9.17, 15) is 8.78 Å². The summed E-state index contributed by atoms with van der Waals surface area (Å²) in [5.74, 6) is 0.300. The van der Waals surface area contributed by atoms with Gasteiger partial charge in [-0.05, 0) is 37.6 Å². The number of nitrogens with zero attached hydrogens (tertiary/aromatic N) is 1. The third-order valence-corrected chi connectivity index (χ3v) is 3.45. The van der Waals surface area contributed by atoms with Crippen molar-refractivity contribution in [2.45, 2.75) is 12.8 Å². The lowest BCUT2D eigenvalue weighted by Gasteiger charge is -2.04. The maximum atomic E-state index is 13.2. The fourth-order valence-corrected chi connectivity index (χ4v) is 2.48. The molecule has 2 N–H and O–H groups in total. The van der Waals surface area contributed by atoms with Crippen LogP contribution in [0.4, 0.5) is 8.78 Å². The SMILES string of the molecule is Fc1cc(F)cc(-c2cnc(CC3CCNC3)[nH]2)c1. The second kappa shape index (κ2) is 5.09. The van der Waals surface area contributed by atoms with Gasteiger partial charge in [-0.3, -0.25) is 0 Å². The largest absolute Gasteiger partial charge is 0.342 e. The summed E-state index contributed by atoms with van der Waals surface area (Å²) in [5.41, 5.74) is 1.14. The second-order valence-corrected chi connectivity index (χ2v) is 4.96. The van der Waals surface area contributed by atoms with E-state index in [2.05, 4.69) is 15.3 Å². The van der Waals surface area contributed by atoms with E-state index in [0.29, 0.717) is 17.2 Å². The van der Waals surface area contributed by atoms with E-state index in [0.717, 1.165) is 37.8 Å². The van der Waals surface area contributed by atoms with Crippen LogP contribution in [-0.2, 0) is 6.42 Å². The van der Waals surface area contributed by atoms with Crippen molar-refractivity contribution in [3.63, 3.8) is 0 Å². The highest BCUT2D eigenvalue weighted by molar-refractivity contribution is 5.58. The van der Waals surface area contributed by atoms with Gasteiger partial charge in [0.1, 0.15) is 17.5 Å². The molecule has 0 amide bonds. The van der Waals surface area contributed by atoms with Crippen molar-refractivity contribution in [1.82, 2.24) is 15.3 Å². The molecule has 1 saturated heterocycles. The van der Waals surface area contributed by atoms with E-state index in [4.69, 9.17) is 0 Å². The van der Waals surface area contributed by atoms with Crippen LogP contribution in [0, 0.1) is 17.6 Å². The summed E-state index contributed by atoms with van der Waals surface area (Å²) >= 11 is 0. The minimum absolute atomic E-state index is 0.487. The number of hydrogen-bond donors (Lipinski definition) is 2. The van der Waals surface area contributed by atoms with E-state index < -0.39 is 11.6 Å². The summed E-state index contributed by atoms with van der Waals surface area (Å²) in [6, 6.07) is 3.47. The molecule has 3 rings (SSSR count). The average molecular weight is 263 g/mol. The van der Waals surface area contributed by atoms with Gasteiger partial charge in [0, 0.05) is 18.1 Å². The quantitative estimate of drug-likeness (QED) is 0.893. The Labute approximate surface area is 110 Å². The molecule has 0 spiro atoms. The molecule has 5 heteroatoms. The molecule has 0 aliphatic carbocycles. The fourth-order valence-electron chi connectivity index (χ4n) is 2.48. The summed E-state index contributed by atoms with van der Waals surface area (Å²) in [7, 11) is 0. The van der Waals surface area contributed by atoms with Gasteiger partial charge in [0.15, 0.2) is 0 Å². The molecule has 2 heterocycles. The third kappa shape index (κ3) is 2.81. The van der Waals surface area contributed by atoms with Crippen LogP contribution in [0.5, 0.6) is 0 Å². The van der Waals surface area contributed by atoms with E-state index in [-0.39, 0.29) is 0 Å². The summed E-state index contributed by atoms with van der Waals surface area (Å²) in [5, 5.41) is 3.31. The minimum atomic E-state index is -0.578. The van der Waals surface area contributed by atoms with Gasteiger partial charge in [-0.15, -0.1) is 0 Å². The molecule has 2 aromatic rings. The summed E-state index contributed by atoms with van der Waals surface area (Å²) in [4.78, 5) is 7.43. The molecule has 1 fully saturated rings. The van der Waals surface area contributed by atoms with Crippen molar-refractivity contribution in [3.05, 3.63) is 41.9 Å². The highest BCUT2D eigenvalue weighted by Crippen LogP contribution is 2.21. The van der Waals surface area contributed by atoms with Crippen molar-refractivity contribution in [1.29, 1.82) is 0 Å². The van der Waals surface area contributed by atoms with Crippen LogP contribution in [0.2, 0.25) is 0 Å². The highest BCUT2D eigenvalue weighted by Gasteiger charge is 2.16. The lowest BCUT2D eigenvalue weighted by Crippen LogP contribution is -2.11. The number of imidazole rings is 1. The Kier molecular flexibility index (Phi) is 3.29. The van der Waals surface area contributed by atoms with Crippen LogP contribution in [0.15, 0.2) is 24.4 Å². The maximum absolute atomic E-state index is 13.2. The number of hydrogen-bond acceptors (Lipinski definition) is 2. The normalized spacial score (nSPS) is 18.9. The molecule has 1 aliphatic rings. The van der Waals surface area contributed by atoms with Crippen molar-refractivity contribution < 1.29 is 8.78 Å². The average Bonchev–Trinajstić information content (AvgIpc) is 2.99. The Balaban J connectivity index is 1.79. The summed E-state index contributed by atoms with van der Waals surface area (Å²) in [6.07, 6.45) is 3.64. The van der Waals surface area contributed by atoms with Crippen LogP contribution in [-0.4, -0.2) is 23.1 Å². The first-order chi connectivity index (χ1) is 9.20. The Morgan fingerprint density at radius 3 is 2.68 bits per heavy atom. The van der Waals surface area contributed by atoms with Crippen LogP contribution in [0.3, 0.4) is 0 Å². The van der Waals surface area contributed by atoms with Crippen molar-refractivity contribution in [3.8, 4) is 11.3 Å². The van der Waals surface area contributed by atoms with Gasteiger partial charge >= 0.3 is 0 Å². The number of benzene rings is 1. The van der Waals surface area contributed by atoms with E-state index in [1.807, 2.05) is 0 Å². The molecule has 3 nitrogen and oxygen atoms in total. The van der Waals surface area contributed by atoms with Crippen LogP contribution in [0.25, 0.3) is 11.3 Å². The predicted molar refractivity (Wildman–Crippen MR) is 68.6 cm³/mol. The molecule has 1 aromatic carbocycles. The van der Waals surface area contributed by atoms with Gasteiger partial charge in [0.25, 0.3) is 0 Å². The Hall–Kier alpha value is -1.75. The topological polar surface area (TPSA) is 40.7 Å². The van der Waals surface area contributed by atoms with Crippen LogP contribution in [0.1, 0.15) is 12.2 Å². The van der Waals surface area contributed by atoms with Crippen molar-refractivity contribution >= 4 is 0 Å². The lowest BCUT2D eigenvalue weighted by molar-refractivity contribution is 0.565. The molecule has 100 valence electrons. The van der Waals surface area contributed by atoms with E-state index in [1.54, 1.807) is 6.20 Å². The van der Waals surface area contributed by atoms with Crippen molar-refractivity contribution in [2.75, 3.05) is 13.1 Å². The molecule has 0 bridgehead atoms. The van der Waals surface area contributed by atoms with Gasteiger partial charge in [-0.2, -0.15) is 0 Å². The summed E-state index contributed by atoms with van der Waals surface area (Å²) < 4.78 is 26.3. The lowest BCUT2D eigenvalue weighted by atomic mass is 10.1. The first-order valence-corrected chi connectivity index (χ1v) is 6.42.